The molecule has 0 radical (unpaired) electrons. The van der Waals surface area contributed by atoms with Crippen molar-refractivity contribution in [3.63, 3.8) is 0 Å². The van der Waals surface area contributed by atoms with E-state index in [9.17, 15) is 9.59 Å². The van der Waals surface area contributed by atoms with Crippen LogP contribution in [0.1, 0.15) is 64.7 Å². The van der Waals surface area contributed by atoms with Crippen molar-refractivity contribution in [3.8, 4) is 0 Å². The first kappa shape index (κ1) is 15.5. The van der Waals surface area contributed by atoms with E-state index in [4.69, 9.17) is 4.74 Å². The summed E-state index contributed by atoms with van der Waals surface area (Å²) in [7, 11) is 0. The van der Waals surface area contributed by atoms with Gasteiger partial charge in [0.15, 0.2) is 0 Å². The summed E-state index contributed by atoms with van der Waals surface area (Å²) in [6.07, 6.45) is 10.1. The summed E-state index contributed by atoms with van der Waals surface area (Å²) in [4.78, 5) is 24.5. The standard InChI is InChI=1S/C21H30O3/c1-12(22)6-7-17-18(23)9-14-10-21(17)20-15(11-24-21)8-13-4-2-3-5-16(13)19(14)20/h13-17,19-20H,2-11H2,1H3/t13-,14-,15-,16+,17+,19?,20?,21+/m0/s1. The summed E-state index contributed by atoms with van der Waals surface area (Å²) < 4.78 is 6.54. The Balaban J connectivity index is 1.50. The maximum atomic E-state index is 13.0. The summed E-state index contributed by atoms with van der Waals surface area (Å²) >= 11 is 0. The summed E-state index contributed by atoms with van der Waals surface area (Å²) in [5, 5.41) is 0. The number of rotatable bonds is 3. The Kier molecular flexibility index (Phi) is 3.50. The quantitative estimate of drug-likeness (QED) is 0.791. The monoisotopic (exact) mass is 330 g/mol. The van der Waals surface area contributed by atoms with E-state index in [-0.39, 0.29) is 17.3 Å². The molecule has 0 aromatic carbocycles. The highest BCUT2D eigenvalue weighted by Gasteiger charge is 2.70. The fourth-order valence-corrected chi connectivity index (χ4v) is 7.90. The molecule has 5 rings (SSSR count). The zero-order valence-electron chi connectivity index (χ0n) is 14.8. The molecule has 3 heteroatoms. The van der Waals surface area contributed by atoms with Crippen LogP contribution in [0, 0.1) is 41.4 Å². The lowest BCUT2D eigenvalue weighted by atomic mass is 9.56. The number of ketones is 2. The van der Waals surface area contributed by atoms with Crippen LogP contribution in [0.4, 0.5) is 0 Å². The van der Waals surface area contributed by atoms with Gasteiger partial charge in [-0.15, -0.1) is 0 Å². The summed E-state index contributed by atoms with van der Waals surface area (Å²) in [5.74, 6) is 4.99. The number of hydrogen-bond donors (Lipinski definition) is 0. The van der Waals surface area contributed by atoms with Crippen LogP contribution in [0.3, 0.4) is 0 Å². The molecule has 0 N–H and O–H groups in total. The van der Waals surface area contributed by atoms with Crippen molar-refractivity contribution in [1.29, 1.82) is 0 Å². The van der Waals surface area contributed by atoms with E-state index >= 15 is 0 Å². The Morgan fingerprint density at radius 2 is 2.04 bits per heavy atom. The van der Waals surface area contributed by atoms with Crippen LogP contribution in [-0.2, 0) is 14.3 Å². The fourth-order valence-electron chi connectivity index (χ4n) is 7.90. The highest BCUT2D eigenvalue weighted by Crippen LogP contribution is 2.68. The van der Waals surface area contributed by atoms with E-state index in [1.807, 2.05) is 0 Å². The first-order chi connectivity index (χ1) is 11.6. The molecule has 5 aliphatic rings. The van der Waals surface area contributed by atoms with Crippen molar-refractivity contribution in [3.05, 3.63) is 0 Å². The molecule has 2 bridgehead atoms. The predicted molar refractivity (Wildman–Crippen MR) is 90.4 cm³/mol. The molecule has 0 amide bonds. The molecule has 0 aromatic rings. The van der Waals surface area contributed by atoms with Gasteiger partial charge < -0.3 is 9.53 Å². The summed E-state index contributed by atoms with van der Waals surface area (Å²) in [6, 6.07) is 0. The SMILES string of the molecule is CC(=O)CC[C@@H]1C(=O)C[C@H]2C[C@@]13OC[C@@H]1C[C@@H]4CCCC[C@H]4C2C13. The highest BCUT2D eigenvalue weighted by atomic mass is 16.5. The van der Waals surface area contributed by atoms with Crippen LogP contribution in [0.5, 0.6) is 0 Å². The minimum atomic E-state index is -0.187. The van der Waals surface area contributed by atoms with Gasteiger partial charge in [-0.1, -0.05) is 19.3 Å². The maximum Gasteiger partial charge on any atom is 0.139 e. The molecule has 4 saturated carbocycles. The van der Waals surface area contributed by atoms with Gasteiger partial charge >= 0.3 is 0 Å². The van der Waals surface area contributed by atoms with E-state index < -0.39 is 0 Å². The zero-order chi connectivity index (χ0) is 16.5. The predicted octanol–water partition coefficient (Wildman–Crippen LogP) is 3.79. The molecule has 1 aliphatic heterocycles. The van der Waals surface area contributed by atoms with Crippen molar-refractivity contribution >= 4 is 11.6 Å². The lowest BCUT2D eigenvalue weighted by Gasteiger charge is -2.47. The van der Waals surface area contributed by atoms with Crippen LogP contribution in [0.25, 0.3) is 0 Å². The number of carbonyl (C=O) groups excluding carboxylic acids is 2. The van der Waals surface area contributed by atoms with Gasteiger partial charge in [-0.3, -0.25) is 4.79 Å². The van der Waals surface area contributed by atoms with E-state index in [1.54, 1.807) is 6.92 Å². The Morgan fingerprint density at radius 1 is 1.21 bits per heavy atom. The first-order valence-electron chi connectivity index (χ1n) is 10.3. The van der Waals surface area contributed by atoms with Crippen molar-refractivity contribution in [1.82, 2.24) is 0 Å². The molecule has 1 saturated heterocycles. The van der Waals surface area contributed by atoms with Gasteiger partial charge in [0.2, 0.25) is 0 Å². The third kappa shape index (κ3) is 2.00. The van der Waals surface area contributed by atoms with Gasteiger partial charge in [0.05, 0.1) is 12.2 Å². The lowest BCUT2D eigenvalue weighted by molar-refractivity contribution is -0.142. The lowest BCUT2D eigenvalue weighted by Crippen LogP contribution is -2.49. The van der Waals surface area contributed by atoms with Crippen LogP contribution < -0.4 is 0 Å². The molecular weight excluding hydrogens is 300 g/mol. The fraction of sp³-hybridized carbons (Fsp3) is 0.905. The van der Waals surface area contributed by atoms with Gasteiger partial charge in [-0.2, -0.15) is 0 Å². The molecular formula is C21H30O3. The van der Waals surface area contributed by atoms with E-state index in [1.165, 1.54) is 32.1 Å². The molecule has 3 nitrogen and oxygen atoms in total. The smallest absolute Gasteiger partial charge is 0.139 e. The molecule has 5 fully saturated rings. The molecule has 1 spiro atoms. The highest BCUT2D eigenvalue weighted by molar-refractivity contribution is 5.85. The second-order valence-corrected chi connectivity index (χ2v) is 9.50. The normalized spacial score (nSPS) is 52.0. The van der Waals surface area contributed by atoms with Crippen molar-refractivity contribution in [2.75, 3.05) is 6.61 Å². The number of ether oxygens (including phenoxy) is 1. The van der Waals surface area contributed by atoms with Gasteiger partial charge in [-0.25, -0.2) is 0 Å². The summed E-state index contributed by atoms with van der Waals surface area (Å²) in [6.45, 7) is 2.53. The third-order valence-corrected chi connectivity index (χ3v) is 8.47. The summed E-state index contributed by atoms with van der Waals surface area (Å²) in [5.41, 5.74) is -0.187. The Hall–Kier alpha value is -0.700. The third-order valence-electron chi connectivity index (χ3n) is 8.47. The number of hydrogen-bond acceptors (Lipinski definition) is 3. The van der Waals surface area contributed by atoms with Crippen molar-refractivity contribution in [2.24, 2.45) is 41.4 Å². The molecule has 132 valence electrons. The minimum Gasteiger partial charge on any atom is -0.374 e. The Bertz CT molecular complexity index is 569. The minimum absolute atomic E-state index is 0.00205. The van der Waals surface area contributed by atoms with E-state index in [0.29, 0.717) is 30.0 Å². The van der Waals surface area contributed by atoms with Crippen molar-refractivity contribution in [2.45, 2.75) is 70.3 Å². The average Bonchev–Trinajstić information content (AvgIpc) is 3.03. The molecule has 0 aromatic heterocycles. The second-order valence-electron chi connectivity index (χ2n) is 9.50. The van der Waals surface area contributed by atoms with Gasteiger partial charge in [-0.05, 0) is 68.1 Å². The number of fused-ring (bicyclic) bond motifs is 4. The molecule has 8 atom stereocenters. The van der Waals surface area contributed by atoms with E-state index in [2.05, 4.69) is 0 Å². The molecule has 24 heavy (non-hydrogen) atoms. The van der Waals surface area contributed by atoms with Gasteiger partial charge in [0, 0.05) is 18.8 Å². The van der Waals surface area contributed by atoms with Crippen molar-refractivity contribution < 1.29 is 14.3 Å². The van der Waals surface area contributed by atoms with Crippen LogP contribution in [-0.4, -0.2) is 23.8 Å². The van der Waals surface area contributed by atoms with Gasteiger partial charge in [0.1, 0.15) is 11.6 Å². The molecule has 4 aliphatic carbocycles. The first-order valence-corrected chi connectivity index (χ1v) is 10.3. The number of carbonyl (C=O) groups is 2. The Labute approximate surface area is 144 Å². The molecule has 2 unspecified atom stereocenters. The topological polar surface area (TPSA) is 43.4 Å². The maximum absolute atomic E-state index is 13.0. The van der Waals surface area contributed by atoms with Crippen LogP contribution >= 0.6 is 0 Å². The number of Topliss-reactive ketones (excluding diaryl/α,β-unsaturated/α-hetero) is 2. The second kappa shape index (κ2) is 5.40. The van der Waals surface area contributed by atoms with Crippen LogP contribution in [0.15, 0.2) is 0 Å². The van der Waals surface area contributed by atoms with Crippen LogP contribution in [0.2, 0.25) is 0 Å². The largest absolute Gasteiger partial charge is 0.374 e. The Morgan fingerprint density at radius 3 is 2.88 bits per heavy atom. The molecule has 1 heterocycles. The van der Waals surface area contributed by atoms with Gasteiger partial charge in [0.25, 0.3) is 0 Å². The average molecular weight is 330 g/mol. The zero-order valence-corrected chi connectivity index (χ0v) is 14.8. The van der Waals surface area contributed by atoms with E-state index in [0.717, 1.165) is 43.6 Å².